The van der Waals surface area contributed by atoms with Crippen LogP contribution < -0.4 is 5.32 Å². The van der Waals surface area contributed by atoms with Crippen LogP contribution in [-0.2, 0) is 0 Å². The highest BCUT2D eigenvalue weighted by Crippen LogP contribution is 2.20. The van der Waals surface area contributed by atoms with Gasteiger partial charge in [-0.05, 0) is 26.3 Å². The number of aryl methyl sites for hydroxylation is 2. The molecule has 1 N–H and O–H groups in total. The number of thiophene rings is 1. The standard InChI is InChI=1S/C10H15NOS/c1-4-5-11-10(12)9-6-7(2)13-8(9)3/h6H,4-5H2,1-3H3,(H,11,12). The number of hydrogen-bond acceptors (Lipinski definition) is 2. The molecule has 0 unspecified atom stereocenters. The summed E-state index contributed by atoms with van der Waals surface area (Å²) in [6.45, 7) is 6.81. The minimum atomic E-state index is 0.0590. The molecule has 0 saturated heterocycles. The Kier molecular flexibility index (Phi) is 3.48. The van der Waals surface area contributed by atoms with Crippen molar-refractivity contribution in [2.75, 3.05) is 6.54 Å². The van der Waals surface area contributed by atoms with Crippen LogP contribution in [0.5, 0.6) is 0 Å². The van der Waals surface area contributed by atoms with E-state index in [-0.39, 0.29) is 5.91 Å². The lowest BCUT2D eigenvalue weighted by atomic mass is 10.2. The monoisotopic (exact) mass is 197 g/mol. The molecule has 1 amide bonds. The highest BCUT2D eigenvalue weighted by Gasteiger charge is 2.10. The highest BCUT2D eigenvalue weighted by molar-refractivity contribution is 7.12. The summed E-state index contributed by atoms with van der Waals surface area (Å²) in [5, 5.41) is 2.87. The van der Waals surface area contributed by atoms with Crippen LogP contribution in [0.4, 0.5) is 0 Å². The van der Waals surface area contributed by atoms with Gasteiger partial charge < -0.3 is 5.32 Å². The fraction of sp³-hybridized carbons (Fsp3) is 0.500. The Labute approximate surface area is 83.0 Å². The summed E-state index contributed by atoms with van der Waals surface area (Å²) < 4.78 is 0. The first-order valence-corrected chi connectivity index (χ1v) is 5.32. The normalized spacial score (nSPS) is 10.1. The third-order valence-electron chi connectivity index (χ3n) is 1.82. The van der Waals surface area contributed by atoms with Gasteiger partial charge in [0, 0.05) is 16.3 Å². The minimum absolute atomic E-state index is 0.0590. The van der Waals surface area contributed by atoms with Crippen LogP contribution in [-0.4, -0.2) is 12.5 Å². The van der Waals surface area contributed by atoms with Gasteiger partial charge in [0.1, 0.15) is 0 Å². The number of nitrogens with one attached hydrogen (secondary N) is 1. The molecule has 3 heteroatoms. The maximum atomic E-state index is 11.5. The average Bonchev–Trinajstić information content (AvgIpc) is 2.41. The Balaban J connectivity index is 2.70. The molecule has 0 spiro atoms. The van der Waals surface area contributed by atoms with Crippen LogP contribution >= 0.6 is 11.3 Å². The molecule has 0 saturated carbocycles. The molecule has 0 aromatic carbocycles. The smallest absolute Gasteiger partial charge is 0.252 e. The van der Waals surface area contributed by atoms with Crippen LogP contribution in [0.1, 0.15) is 33.5 Å². The first kappa shape index (κ1) is 10.3. The zero-order valence-electron chi connectivity index (χ0n) is 8.31. The lowest BCUT2D eigenvalue weighted by Crippen LogP contribution is -2.23. The largest absolute Gasteiger partial charge is 0.352 e. The summed E-state index contributed by atoms with van der Waals surface area (Å²) in [5.74, 6) is 0.0590. The van der Waals surface area contributed by atoms with Gasteiger partial charge >= 0.3 is 0 Å². The first-order valence-electron chi connectivity index (χ1n) is 4.50. The third kappa shape index (κ3) is 2.56. The second-order valence-electron chi connectivity index (χ2n) is 3.08. The van der Waals surface area contributed by atoms with Crippen LogP contribution in [0, 0.1) is 13.8 Å². The highest BCUT2D eigenvalue weighted by atomic mass is 32.1. The molecule has 0 fully saturated rings. The predicted octanol–water partition coefficient (Wildman–Crippen LogP) is 2.50. The molecular formula is C10H15NOS. The van der Waals surface area contributed by atoms with Crippen molar-refractivity contribution >= 4 is 17.2 Å². The van der Waals surface area contributed by atoms with E-state index in [4.69, 9.17) is 0 Å². The summed E-state index contributed by atoms with van der Waals surface area (Å²) in [5.41, 5.74) is 0.830. The molecule has 0 aliphatic carbocycles. The van der Waals surface area contributed by atoms with Gasteiger partial charge in [-0.1, -0.05) is 6.92 Å². The Hall–Kier alpha value is -0.830. The summed E-state index contributed by atoms with van der Waals surface area (Å²) in [6, 6.07) is 1.95. The van der Waals surface area contributed by atoms with Gasteiger partial charge in [-0.25, -0.2) is 0 Å². The van der Waals surface area contributed by atoms with E-state index in [0.717, 1.165) is 23.4 Å². The van der Waals surface area contributed by atoms with Crippen molar-refractivity contribution in [2.24, 2.45) is 0 Å². The van der Waals surface area contributed by atoms with E-state index in [1.807, 2.05) is 26.8 Å². The molecule has 2 nitrogen and oxygen atoms in total. The van der Waals surface area contributed by atoms with Gasteiger partial charge in [-0.3, -0.25) is 4.79 Å². The second-order valence-corrected chi connectivity index (χ2v) is 4.54. The van der Waals surface area contributed by atoms with Gasteiger partial charge in [0.2, 0.25) is 0 Å². The topological polar surface area (TPSA) is 29.1 Å². The lowest BCUT2D eigenvalue weighted by Gasteiger charge is -2.01. The summed E-state index contributed by atoms with van der Waals surface area (Å²) >= 11 is 1.67. The summed E-state index contributed by atoms with van der Waals surface area (Å²) in [7, 11) is 0. The third-order valence-corrected chi connectivity index (χ3v) is 2.79. The van der Waals surface area contributed by atoms with Crippen LogP contribution in [0.25, 0.3) is 0 Å². The van der Waals surface area contributed by atoms with Gasteiger partial charge in [-0.2, -0.15) is 0 Å². The van der Waals surface area contributed by atoms with Gasteiger partial charge in [0.05, 0.1) is 5.56 Å². The summed E-state index contributed by atoms with van der Waals surface area (Å²) in [6.07, 6.45) is 0.980. The van der Waals surface area contributed by atoms with Crippen LogP contribution in [0.3, 0.4) is 0 Å². The van der Waals surface area contributed by atoms with Crippen molar-refractivity contribution < 1.29 is 4.79 Å². The first-order chi connectivity index (χ1) is 6.15. The number of hydrogen-bond donors (Lipinski definition) is 1. The van der Waals surface area contributed by atoms with Crippen LogP contribution in [0.2, 0.25) is 0 Å². The molecule has 0 bridgehead atoms. The van der Waals surface area contributed by atoms with E-state index >= 15 is 0 Å². The maximum absolute atomic E-state index is 11.5. The predicted molar refractivity (Wildman–Crippen MR) is 56.4 cm³/mol. The molecule has 0 radical (unpaired) electrons. The fourth-order valence-electron chi connectivity index (χ4n) is 1.19. The van der Waals surface area contributed by atoms with E-state index in [1.165, 1.54) is 4.88 Å². The molecule has 72 valence electrons. The fourth-order valence-corrected chi connectivity index (χ4v) is 2.11. The maximum Gasteiger partial charge on any atom is 0.252 e. The average molecular weight is 197 g/mol. The number of amides is 1. The van der Waals surface area contributed by atoms with E-state index in [0.29, 0.717) is 0 Å². The summed E-state index contributed by atoms with van der Waals surface area (Å²) in [4.78, 5) is 13.8. The van der Waals surface area contributed by atoms with Gasteiger partial charge in [0.15, 0.2) is 0 Å². The Morgan fingerprint density at radius 3 is 2.69 bits per heavy atom. The van der Waals surface area contributed by atoms with Crippen molar-refractivity contribution in [2.45, 2.75) is 27.2 Å². The Bertz CT molecular complexity index is 304. The minimum Gasteiger partial charge on any atom is -0.352 e. The lowest BCUT2D eigenvalue weighted by molar-refractivity contribution is 0.0953. The molecule has 1 aromatic heterocycles. The van der Waals surface area contributed by atoms with Crippen molar-refractivity contribution in [3.63, 3.8) is 0 Å². The number of carbonyl (C=O) groups excluding carboxylic acids is 1. The van der Waals surface area contributed by atoms with E-state index in [2.05, 4.69) is 5.32 Å². The van der Waals surface area contributed by atoms with Crippen molar-refractivity contribution in [3.8, 4) is 0 Å². The molecule has 0 atom stereocenters. The molecule has 0 aliphatic rings. The van der Waals surface area contributed by atoms with Crippen molar-refractivity contribution in [1.82, 2.24) is 5.32 Å². The molecule has 13 heavy (non-hydrogen) atoms. The Morgan fingerprint density at radius 1 is 1.54 bits per heavy atom. The van der Waals surface area contributed by atoms with E-state index in [9.17, 15) is 4.79 Å². The molecule has 1 heterocycles. The zero-order chi connectivity index (χ0) is 9.84. The SMILES string of the molecule is CCCNC(=O)c1cc(C)sc1C. The zero-order valence-corrected chi connectivity index (χ0v) is 9.12. The molecular weight excluding hydrogens is 182 g/mol. The number of rotatable bonds is 3. The van der Waals surface area contributed by atoms with Gasteiger partial charge in [-0.15, -0.1) is 11.3 Å². The van der Waals surface area contributed by atoms with Crippen LogP contribution in [0.15, 0.2) is 6.07 Å². The molecule has 1 aromatic rings. The Morgan fingerprint density at radius 2 is 2.23 bits per heavy atom. The van der Waals surface area contributed by atoms with E-state index < -0.39 is 0 Å². The second kappa shape index (κ2) is 4.42. The van der Waals surface area contributed by atoms with Crippen molar-refractivity contribution in [1.29, 1.82) is 0 Å². The quantitative estimate of drug-likeness (QED) is 0.792. The van der Waals surface area contributed by atoms with Gasteiger partial charge in [0.25, 0.3) is 5.91 Å². The van der Waals surface area contributed by atoms with E-state index in [1.54, 1.807) is 11.3 Å². The number of carbonyl (C=O) groups is 1. The van der Waals surface area contributed by atoms with Crippen molar-refractivity contribution in [3.05, 3.63) is 21.4 Å². The molecule has 1 rings (SSSR count). The molecule has 0 aliphatic heterocycles.